The molecule has 0 radical (unpaired) electrons. The first-order valence-corrected chi connectivity index (χ1v) is 5.64. The fourth-order valence-electron chi connectivity index (χ4n) is 1.71. The van der Waals surface area contributed by atoms with Gasteiger partial charge in [0.2, 0.25) is 0 Å². The molecule has 1 aliphatic carbocycles. The maximum atomic E-state index is 11.6. The third-order valence-corrected chi connectivity index (χ3v) is 2.97. The topological polar surface area (TPSA) is 62.0 Å². The van der Waals surface area contributed by atoms with Gasteiger partial charge >= 0.3 is 0 Å². The zero-order chi connectivity index (χ0) is 10.8. The van der Waals surface area contributed by atoms with Crippen molar-refractivity contribution in [3.8, 4) is 0 Å². The summed E-state index contributed by atoms with van der Waals surface area (Å²) in [5.74, 6) is -0.0880. The largest absolute Gasteiger partial charge is 0.345 e. The second kappa shape index (κ2) is 4.18. The first-order valence-electron chi connectivity index (χ1n) is 4.85. The Morgan fingerprint density at radius 3 is 2.87 bits per heavy atom. The average molecular weight is 271 g/mol. The molecule has 1 amide bonds. The monoisotopic (exact) mass is 270 g/mol. The Morgan fingerprint density at radius 2 is 2.33 bits per heavy atom. The molecule has 1 heterocycles. The lowest BCUT2D eigenvalue weighted by Gasteiger charge is -2.09. The number of carbonyl (C=O) groups is 2. The highest BCUT2D eigenvalue weighted by Crippen LogP contribution is 2.15. The highest BCUT2D eigenvalue weighted by Gasteiger charge is 2.26. The molecule has 1 unspecified atom stereocenters. The molecule has 1 aromatic heterocycles. The van der Waals surface area contributed by atoms with Gasteiger partial charge < -0.3 is 10.3 Å². The number of rotatable bonds is 2. The van der Waals surface area contributed by atoms with E-state index >= 15 is 0 Å². The summed E-state index contributed by atoms with van der Waals surface area (Å²) in [4.78, 5) is 25.8. The molecule has 1 aliphatic rings. The Bertz CT molecular complexity index is 400. The van der Waals surface area contributed by atoms with Crippen LogP contribution in [-0.4, -0.2) is 22.7 Å². The first-order chi connectivity index (χ1) is 7.16. The number of halogens is 1. The molecule has 0 spiro atoms. The van der Waals surface area contributed by atoms with Crippen LogP contribution in [-0.2, 0) is 4.79 Å². The van der Waals surface area contributed by atoms with Gasteiger partial charge in [-0.25, -0.2) is 0 Å². The third kappa shape index (κ3) is 2.28. The maximum Gasteiger partial charge on any atom is 0.268 e. The normalized spacial score (nSPS) is 20.6. The standard InChI is InChI=1S/C10H11BrN2O2/c11-9-5-4-7(12-9)10(15)13-6-2-1-3-8(6)14/h4-6,12H,1-3H2,(H,13,15). The number of hydrogen-bond acceptors (Lipinski definition) is 2. The van der Waals surface area contributed by atoms with Crippen molar-refractivity contribution in [3.05, 3.63) is 22.4 Å². The SMILES string of the molecule is O=C(NC1CCCC1=O)c1ccc(Br)[nH]1. The number of hydrogen-bond donors (Lipinski definition) is 2. The second-order valence-corrected chi connectivity index (χ2v) is 4.46. The molecule has 0 bridgehead atoms. The Kier molecular flexibility index (Phi) is 2.90. The number of nitrogens with one attached hydrogen (secondary N) is 2. The Morgan fingerprint density at radius 1 is 1.53 bits per heavy atom. The van der Waals surface area contributed by atoms with Gasteiger partial charge in [-0.05, 0) is 40.9 Å². The minimum atomic E-state index is -0.292. The van der Waals surface area contributed by atoms with Crippen LogP contribution in [0, 0.1) is 0 Å². The second-order valence-electron chi connectivity index (χ2n) is 3.60. The van der Waals surface area contributed by atoms with Crippen LogP contribution in [0.5, 0.6) is 0 Å². The molecular formula is C10H11BrN2O2. The summed E-state index contributed by atoms with van der Waals surface area (Å²) in [6, 6.07) is 3.14. The molecule has 15 heavy (non-hydrogen) atoms. The van der Waals surface area contributed by atoms with Gasteiger partial charge in [0, 0.05) is 6.42 Å². The van der Waals surface area contributed by atoms with E-state index in [9.17, 15) is 9.59 Å². The first kappa shape index (κ1) is 10.4. The Labute approximate surface area is 95.6 Å². The highest BCUT2D eigenvalue weighted by molar-refractivity contribution is 9.10. The fraction of sp³-hybridized carbons (Fsp3) is 0.400. The molecule has 0 aromatic carbocycles. The van der Waals surface area contributed by atoms with Crippen molar-refractivity contribution >= 4 is 27.6 Å². The highest BCUT2D eigenvalue weighted by atomic mass is 79.9. The summed E-state index contributed by atoms with van der Waals surface area (Å²) < 4.78 is 0.755. The van der Waals surface area contributed by atoms with Crippen molar-refractivity contribution in [1.29, 1.82) is 0 Å². The van der Waals surface area contributed by atoms with E-state index in [-0.39, 0.29) is 17.7 Å². The number of H-pyrrole nitrogens is 1. The summed E-state index contributed by atoms with van der Waals surface area (Å²) in [5, 5.41) is 2.72. The van der Waals surface area contributed by atoms with E-state index in [0.29, 0.717) is 12.1 Å². The van der Waals surface area contributed by atoms with Gasteiger partial charge in [0.25, 0.3) is 5.91 Å². The third-order valence-electron chi connectivity index (χ3n) is 2.50. The van der Waals surface area contributed by atoms with E-state index in [2.05, 4.69) is 26.2 Å². The molecule has 1 fully saturated rings. The molecule has 80 valence electrons. The maximum absolute atomic E-state index is 11.6. The van der Waals surface area contributed by atoms with Crippen LogP contribution in [0.25, 0.3) is 0 Å². The molecule has 2 rings (SSSR count). The van der Waals surface area contributed by atoms with Gasteiger partial charge in [-0.2, -0.15) is 0 Å². The molecular weight excluding hydrogens is 260 g/mol. The summed E-state index contributed by atoms with van der Waals surface area (Å²) >= 11 is 3.22. The van der Waals surface area contributed by atoms with Crippen LogP contribution in [0.1, 0.15) is 29.8 Å². The lowest BCUT2D eigenvalue weighted by molar-refractivity contribution is -0.118. The van der Waals surface area contributed by atoms with Crippen LogP contribution >= 0.6 is 15.9 Å². The van der Waals surface area contributed by atoms with Crippen molar-refractivity contribution in [3.63, 3.8) is 0 Å². The van der Waals surface area contributed by atoms with Crippen molar-refractivity contribution < 1.29 is 9.59 Å². The number of aromatic amines is 1. The lowest BCUT2D eigenvalue weighted by Crippen LogP contribution is -2.37. The predicted octanol–water partition coefficient (Wildman–Crippen LogP) is 1.63. The average Bonchev–Trinajstić information content (AvgIpc) is 2.77. The number of amides is 1. The zero-order valence-electron chi connectivity index (χ0n) is 8.05. The van der Waals surface area contributed by atoms with Crippen LogP contribution in [0.15, 0.2) is 16.7 Å². The van der Waals surface area contributed by atoms with Crippen molar-refractivity contribution in [2.24, 2.45) is 0 Å². The number of aromatic nitrogens is 1. The van der Waals surface area contributed by atoms with Crippen molar-refractivity contribution in [1.82, 2.24) is 10.3 Å². The molecule has 0 aliphatic heterocycles. The van der Waals surface area contributed by atoms with Gasteiger partial charge in [0.15, 0.2) is 5.78 Å². The van der Waals surface area contributed by atoms with Crippen molar-refractivity contribution in [2.75, 3.05) is 0 Å². The smallest absolute Gasteiger partial charge is 0.268 e. The molecule has 1 saturated carbocycles. The van der Waals surface area contributed by atoms with Crippen molar-refractivity contribution in [2.45, 2.75) is 25.3 Å². The zero-order valence-corrected chi connectivity index (χ0v) is 9.63. The van der Waals surface area contributed by atoms with E-state index in [0.717, 1.165) is 17.4 Å². The van der Waals surface area contributed by atoms with Gasteiger partial charge in [-0.3, -0.25) is 9.59 Å². The molecule has 5 heteroatoms. The molecule has 1 aromatic rings. The van der Waals surface area contributed by atoms with Gasteiger partial charge in [0.05, 0.1) is 10.6 Å². The summed E-state index contributed by atoms with van der Waals surface area (Å²) in [5.41, 5.74) is 0.474. The van der Waals surface area contributed by atoms with E-state index < -0.39 is 0 Å². The molecule has 2 N–H and O–H groups in total. The molecule has 1 atom stereocenters. The number of Topliss-reactive ketones (excluding diaryl/α,β-unsaturated/α-hetero) is 1. The van der Waals surface area contributed by atoms with Crippen LogP contribution in [0.3, 0.4) is 0 Å². The molecule has 4 nitrogen and oxygen atoms in total. The van der Waals surface area contributed by atoms with Gasteiger partial charge in [-0.15, -0.1) is 0 Å². The number of carbonyl (C=O) groups excluding carboxylic acids is 2. The molecule has 0 saturated heterocycles. The Hall–Kier alpha value is -1.10. The van der Waals surface area contributed by atoms with Crippen LogP contribution < -0.4 is 5.32 Å². The Balaban J connectivity index is 2.00. The summed E-state index contributed by atoms with van der Waals surface area (Å²) in [6.45, 7) is 0. The van der Waals surface area contributed by atoms with E-state index in [1.54, 1.807) is 12.1 Å². The quantitative estimate of drug-likeness (QED) is 0.858. The summed E-state index contributed by atoms with van der Waals surface area (Å²) in [6.07, 6.45) is 2.21. The lowest BCUT2D eigenvalue weighted by atomic mass is 10.2. The minimum Gasteiger partial charge on any atom is -0.345 e. The summed E-state index contributed by atoms with van der Waals surface area (Å²) in [7, 11) is 0. The predicted molar refractivity (Wildman–Crippen MR) is 58.6 cm³/mol. The fourth-order valence-corrected chi connectivity index (χ4v) is 2.05. The van der Waals surface area contributed by atoms with E-state index in [1.807, 2.05) is 0 Å². The van der Waals surface area contributed by atoms with E-state index in [1.165, 1.54) is 0 Å². The van der Waals surface area contributed by atoms with Gasteiger partial charge in [0.1, 0.15) is 5.69 Å². The van der Waals surface area contributed by atoms with Gasteiger partial charge in [-0.1, -0.05) is 0 Å². The van der Waals surface area contributed by atoms with Crippen LogP contribution in [0.4, 0.5) is 0 Å². The van der Waals surface area contributed by atoms with Crippen LogP contribution in [0.2, 0.25) is 0 Å². The minimum absolute atomic E-state index is 0.133. The number of ketones is 1. The van der Waals surface area contributed by atoms with E-state index in [4.69, 9.17) is 0 Å².